The maximum absolute atomic E-state index is 13.1. The molecule has 0 aliphatic carbocycles. The lowest BCUT2D eigenvalue weighted by Crippen LogP contribution is -2.30. The van der Waals surface area contributed by atoms with E-state index in [0.717, 1.165) is 28.3 Å². The van der Waals surface area contributed by atoms with E-state index in [4.69, 9.17) is 0 Å². The Labute approximate surface area is 197 Å². The SMILES string of the molecule is CC(CNC(=O)c1ccc(CN(c2cccc(C(F)(F)F)c2)S(C)(=O)=O)cc1)c1ccccc1. The van der Waals surface area contributed by atoms with Gasteiger partial charge in [0.1, 0.15) is 0 Å². The number of hydrogen-bond acceptors (Lipinski definition) is 3. The minimum Gasteiger partial charge on any atom is -0.351 e. The van der Waals surface area contributed by atoms with Crippen LogP contribution in [0.2, 0.25) is 0 Å². The van der Waals surface area contributed by atoms with Gasteiger partial charge in [-0.3, -0.25) is 9.10 Å². The van der Waals surface area contributed by atoms with Crippen molar-refractivity contribution in [1.82, 2.24) is 5.32 Å². The van der Waals surface area contributed by atoms with Gasteiger partial charge < -0.3 is 5.32 Å². The molecule has 0 saturated heterocycles. The molecule has 1 N–H and O–H groups in total. The van der Waals surface area contributed by atoms with Crippen LogP contribution in [0, 0.1) is 0 Å². The van der Waals surface area contributed by atoms with Gasteiger partial charge in [-0.25, -0.2) is 8.42 Å². The lowest BCUT2D eigenvalue weighted by atomic mass is 10.0. The van der Waals surface area contributed by atoms with Gasteiger partial charge in [-0.2, -0.15) is 13.2 Å². The molecule has 0 aromatic heterocycles. The van der Waals surface area contributed by atoms with Crippen molar-refractivity contribution in [3.8, 4) is 0 Å². The molecule has 34 heavy (non-hydrogen) atoms. The number of sulfonamides is 1. The van der Waals surface area contributed by atoms with Crippen molar-refractivity contribution in [2.75, 3.05) is 17.1 Å². The summed E-state index contributed by atoms with van der Waals surface area (Å²) < 4.78 is 64.8. The van der Waals surface area contributed by atoms with Crippen LogP contribution in [-0.2, 0) is 22.7 Å². The average molecular weight is 491 g/mol. The second-order valence-electron chi connectivity index (χ2n) is 8.04. The van der Waals surface area contributed by atoms with Crippen LogP contribution in [0.5, 0.6) is 0 Å². The van der Waals surface area contributed by atoms with Crippen molar-refractivity contribution in [3.05, 3.63) is 101 Å². The van der Waals surface area contributed by atoms with E-state index in [0.29, 0.717) is 17.7 Å². The molecule has 1 atom stereocenters. The van der Waals surface area contributed by atoms with E-state index in [-0.39, 0.29) is 24.1 Å². The maximum Gasteiger partial charge on any atom is 0.416 e. The summed E-state index contributed by atoms with van der Waals surface area (Å²) in [4.78, 5) is 12.5. The molecule has 0 aliphatic rings. The van der Waals surface area contributed by atoms with Crippen LogP contribution in [0.4, 0.5) is 18.9 Å². The van der Waals surface area contributed by atoms with Gasteiger partial charge in [-0.05, 0) is 47.4 Å². The lowest BCUT2D eigenvalue weighted by Gasteiger charge is -2.23. The van der Waals surface area contributed by atoms with E-state index in [2.05, 4.69) is 5.32 Å². The van der Waals surface area contributed by atoms with Crippen LogP contribution >= 0.6 is 0 Å². The fourth-order valence-electron chi connectivity index (χ4n) is 3.41. The van der Waals surface area contributed by atoms with Gasteiger partial charge in [-0.15, -0.1) is 0 Å². The van der Waals surface area contributed by atoms with Gasteiger partial charge in [0.15, 0.2) is 0 Å². The highest BCUT2D eigenvalue weighted by atomic mass is 32.2. The first kappa shape index (κ1) is 25.3. The summed E-state index contributed by atoms with van der Waals surface area (Å²) in [6, 6.07) is 20.2. The number of carbonyl (C=O) groups excluding carboxylic acids is 1. The van der Waals surface area contributed by atoms with E-state index in [1.54, 1.807) is 24.3 Å². The molecule has 0 aliphatic heterocycles. The molecule has 1 amide bonds. The largest absolute Gasteiger partial charge is 0.416 e. The summed E-state index contributed by atoms with van der Waals surface area (Å²) in [5.41, 5.74) is 1.00. The Morgan fingerprint density at radius 2 is 1.62 bits per heavy atom. The number of rotatable bonds is 8. The van der Waals surface area contributed by atoms with E-state index in [1.807, 2.05) is 37.3 Å². The van der Waals surface area contributed by atoms with Gasteiger partial charge in [-0.1, -0.05) is 55.5 Å². The normalized spacial score (nSPS) is 12.7. The molecule has 9 heteroatoms. The fourth-order valence-corrected chi connectivity index (χ4v) is 4.29. The van der Waals surface area contributed by atoms with E-state index in [1.165, 1.54) is 12.1 Å². The predicted octanol–water partition coefficient (Wildman–Crippen LogP) is 5.21. The minimum absolute atomic E-state index is 0.0888. The molecule has 0 fully saturated rings. The Balaban J connectivity index is 1.71. The fraction of sp³-hybridized carbons (Fsp3) is 0.240. The molecule has 0 heterocycles. The Morgan fingerprint density at radius 1 is 0.971 bits per heavy atom. The van der Waals surface area contributed by atoms with Crippen LogP contribution in [0.3, 0.4) is 0 Å². The van der Waals surface area contributed by atoms with Crippen molar-refractivity contribution in [2.24, 2.45) is 0 Å². The standard InChI is InChI=1S/C25H25F3N2O3S/c1-18(20-7-4-3-5-8-20)16-29-24(31)21-13-11-19(12-14-21)17-30(34(2,32)33)23-10-6-9-22(15-23)25(26,27)28/h3-15,18H,16-17H2,1-2H3,(H,29,31). The van der Waals surface area contributed by atoms with Crippen molar-refractivity contribution < 1.29 is 26.4 Å². The molecule has 180 valence electrons. The first-order valence-electron chi connectivity index (χ1n) is 10.5. The summed E-state index contributed by atoms with van der Waals surface area (Å²) in [5, 5.41) is 2.88. The minimum atomic E-state index is -4.59. The number of nitrogens with zero attached hydrogens (tertiary/aromatic N) is 1. The van der Waals surface area contributed by atoms with Gasteiger partial charge in [0.25, 0.3) is 5.91 Å². The smallest absolute Gasteiger partial charge is 0.351 e. The number of amides is 1. The van der Waals surface area contributed by atoms with Gasteiger partial charge in [0.05, 0.1) is 24.1 Å². The Kier molecular flexibility index (Phi) is 7.66. The van der Waals surface area contributed by atoms with Crippen molar-refractivity contribution >= 4 is 21.6 Å². The molecular formula is C25H25F3N2O3S. The molecule has 0 radical (unpaired) electrons. The number of nitrogens with one attached hydrogen (secondary N) is 1. The molecule has 5 nitrogen and oxygen atoms in total. The van der Waals surface area contributed by atoms with Crippen LogP contribution in [-0.4, -0.2) is 27.1 Å². The average Bonchev–Trinajstić information content (AvgIpc) is 2.80. The Bertz CT molecular complexity index is 1230. The zero-order valence-corrected chi connectivity index (χ0v) is 19.5. The third-order valence-corrected chi connectivity index (χ3v) is 6.48. The van der Waals surface area contributed by atoms with Crippen LogP contribution in [0.25, 0.3) is 0 Å². The zero-order chi connectivity index (χ0) is 24.9. The summed E-state index contributed by atoms with van der Waals surface area (Å²) in [6.45, 7) is 2.28. The molecule has 1 unspecified atom stereocenters. The van der Waals surface area contributed by atoms with Crippen LogP contribution < -0.4 is 9.62 Å². The third kappa shape index (κ3) is 6.60. The molecular weight excluding hydrogens is 465 g/mol. The van der Waals surface area contributed by atoms with E-state index in [9.17, 15) is 26.4 Å². The molecule has 3 aromatic carbocycles. The first-order valence-corrected chi connectivity index (χ1v) is 12.4. The first-order chi connectivity index (χ1) is 15.9. The highest BCUT2D eigenvalue weighted by Crippen LogP contribution is 2.32. The predicted molar refractivity (Wildman–Crippen MR) is 126 cm³/mol. The van der Waals surface area contributed by atoms with Crippen molar-refractivity contribution in [2.45, 2.75) is 25.6 Å². The number of anilines is 1. The molecule has 3 aromatic rings. The number of carbonyl (C=O) groups is 1. The number of halogens is 3. The number of alkyl halides is 3. The van der Waals surface area contributed by atoms with Gasteiger partial charge >= 0.3 is 6.18 Å². The van der Waals surface area contributed by atoms with Gasteiger partial charge in [0, 0.05) is 12.1 Å². The number of hydrogen-bond donors (Lipinski definition) is 1. The molecule has 0 bridgehead atoms. The summed E-state index contributed by atoms with van der Waals surface area (Å²) in [5.74, 6) is -0.146. The Hall–Kier alpha value is -3.33. The number of benzene rings is 3. The second-order valence-corrected chi connectivity index (χ2v) is 9.94. The third-order valence-electron chi connectivity index (χ3n) is 5.34. The summed E-state index contributed by atoms with van der Waals surface area (Å²) in [6.07, 6.45) is -3.66. The maximum atomic E-state index is 13.1. The van der Waals surface area contributed by atoms with Crippen LogP contribution in [0.1, 0.15) is 39.9 Å². The quantitative estimate of drug-likeness (QED) is 0.472. The second kappa shape index (κ2) is 10.3. The molecule has 0 spiro atoms. The monoisotopic (exact) mass is 490 g/mol. The van der Waals surface area contributed by atoms with E-state index < -0.39 is 21.8 Å². The van der Waals surface area contributed by atoms with Gasteiger partial charge in [0.2, 0.25) is 10.0 Å². The highest BCUT2D eigenvalue weighted by molar-refractivity contribution is 7.92. The topological polar surface area (TPSA) is 66.5 Å². The molecule has 3 rings (SSSR count). The van der Waals surface area contributed by atoms with Crippen molar-refractivity contribution in [1.29, 1.82) is 0 Å². The highest BCUT2D eigenvalue weighted by Gasteiger charge is 2.31. The van der Waals surface area contributed by atoms with Crippen molar-refractivity contribution in [3.63, 3.8) is 0 Å². The van der Waals surface area contributed by atoms with E-state index >= 15 is 0 Å². The summed E-state index contributed by atoms with van der Waals surface area (Å²) >= 11 is 0. The van der Waals surface area contributed by atoms with Crippen LogP contribution in [0.15, 0.2) is 78.9 Å². The zero-order valence-electron chi connectivity index (χ0n) is 18.7. The lowest BCUT2D eigenvalue weighted by molar-refractivity contribution is -0.137. The summed E-state index contributed by atoms with van der Waals surface area (Å²) in [7, 11) is -3.86. The Morgan fingerprint density at radius 3 is 2.21 bits per heavy atom. The molecule has 0 saturated carbocycles.